The van der Waals surface area contributed by atoms with E-state index < -0.39 is 38.1 Å². The first-order chi connectivity index (χ1) is 20.0. The van der Waals surface area contributed by atoms with Gasteiger partial charge in [0.15, 0.2) is 5.82 Å². The predicted octanol–water partition coefficient (Wildman–Crippen LogP) is 7.88. The lowest BCUT2D eigenvalue weighted by Gasteiger charge is -2.32. The molecule has 2 aromatic heterocycles. The molecule has 3 heterocycles. The highest BCUT2D eigenvalue weighted by Crippen LogP contribution is 2.39. The zero-order valence-corrected chi connectivity index (χ0v) is 27.4. The van der Waals surface area contributed by atoms with Crippen molar-refractivity contribution < 1.29 is 27.2 Å². The van der Waals surface area contributed by atoms with Crippen molar-refractivity contribution in [1.29, 1.82) is 0 Å². The molecule has 2 aromatic carbocycles. The second-order valence-corrected chi connectivity index (χ2v) is 19.8. The lowest BCUT2D eigenvalue weighted by molar-refractivity contribution is -0.137. The molecule has 228 valence electrons. The van der Waals surface area contributed by atoms with Crippen LogP contribution in [0.3, 0.4) is 0 Å². The summed E-state index contributed by atoms with van der Waals surface area (Å²) in [7, 11) is -1.73. The molecule has 1 saturated heterocycles. The normalized spacial score (nSPS) is 16.7. The van der Waals surface area contributed by atoms with E-state index in [4.69, 9.17) is 14.0 Å². The van der Waals surface area contributed by atoms with Crippen LogP contribution in [0.4, 0.5) is 13.2 Å². The first-order valence-corrected chi connectivity index (χ1v) is 18.8. The van der Waals surface area contributed by atoms with Gasteiger partial charge in [-0.05, 0) is 57.4 Å². The van der Waals surface area contributed by atoms with Gasteiger partial charge < -0.3 is 18.6 Å². The number of rotatable bonds is 9. The molecule has 0 saturated carbocycles. The average Bonchev–Trinajstić information content (AvgIpc) is 3.37. The largest absolute Gasteiger partial charge is 0.494 e. The van der Waals surface area contributed by atoms with Crippen LogP contribution >= 0.6 is 11.8 Å². The maximum Gasteiger partial charge on any atom is 0.494 e. The first-order valence-electron chi connectivity index (χ1n) is 14.3. The number of nitrogens with zero attached hydrogens (tertiary/aromatic N) is 3. The maximum atomic E-state index is 13.8. The van der Waals surface area contributed by atoms with Gasteiger partial charge in [0.05, 0.1) is 33.4 Å². The Kier molecular flexibility index (Phi) is 8.65. The standard InChI is InChI=1S/C31H37BF3N3O3SSi/c1-29(2)30(3,4)41-32(40-29)21-12-14-22(15-13-21)42-26-19-38(20-39-16-17-43(5,6)7)25-18-36-28(37-27(25)26)23-10-8-9-11-24(23)31(33,34)35/h8-15,18-19H,16-17,20H2,1-7H3. The second-order valence-electron chi connectivity index (χ2n) is 13.0. The second kappa shape index (κ2) is 11.7. The number of hydrogen-bond donors (Lipinski definition) is 0. The highest BCUT2D eigenvalue weighted by molar-refractivity contribution is 7.99. The van der Waals surface area contributed by atoms with Crippen LogP contribution in [0.2, 0.25) is 25.7 Å². The highest BCUT2D eigenvalue weighted by atomic mass is 32.2. The van der Waals surface area contributed by atoms with E-state index in [-0.39, 0.29) is 11.4 Å². The minimum atomic E-state index is -4.53. The third kappa shape index (κ3) is 7.04. The monoisotopic (exact) mass is 627 g/mol. The summed E-state index contributed by atoms with van der Waals surface area (Å²) in [4.78, 5) is 10.8. The van der Waals surface area contributed by atoms with E-state index in [2.05, 4.69) is 29.6 Å². The summed E-state index contributed by atoms with van der Waals surface area (Å²) in [6, 6.07) is 14.3. The smallest absolute Gasteiger partial charge is 0.399 e. The third-order valence-corrected chi connectivity index (χ3v) is 10.6. The van der Waals surface area contributed by atoms with Crippen LogP contribution in [-0.2, 0) is 27.0 Å². The summed E-state index contributed by atoms with van der Waals surface area (Å²) in [5.74, 6) is 0.0239. The Bertz CT molecular complexity index is 1590. The van der Waals surface area contributed by atoms with Crippen molar-refractivity contribution in [2.75, 3.05) is 6.61 Å². The molecule has 0 amide bonds. The Labute approximate surface area is 256 Å². The number of fused-ring (bicyclic) bond motifs is 1. The summed E-state index contributed by atoms with van der Waals surface area (Å²) in [6.07, 6.45) is -1.01. The van der Waals surface area contributed by atoms with Gasteiger partial charge in [0.2, 0.25) is 0 Å². The molecule has 0 aliphatic carbocycles. The molecule has 43 heavy (non-hydrogen) atoms. The van der Waals surface area contributed by atoms with Crippen LogP contribution in [-0.4, -0.2) is 47.5 Å². The Hall–Kier alpha value is -2.64. The van der Waals surface area contributed by atoms with E-state index in [1.54, 1.807) is 12.3 Å². The minimum absolute atomic E-state index is 0.0239. The Morgan fingerprint density at radius 3 is 2.26 bits per heavy atom. The van der Waals surface area contributed by atoms with Crippen molar-refractivity contribution in [3.63, 3.8) is 0 Å². The van der Waals surface area contributed by atoms with Crippen molar-refractivity contribution >= 4 is 43.5 Å². The fourth-order valence-electron chi connectivity index (χ4n) is 4.62. The minimum Gasteiger partial charge on any atom is -0.399 e. The van der Waals surface area contributed by atoms with Crippen molar-refractivity contribution in [2.45, 2.75) is 87.3 Å². The first kappa shape index (κ1) is 31.8. The lowest BCUT2D eigenvalue weighted by Crippen LogP contribution is -2.41. The number of aromatic nitrogens is 3. The van der Waals surface area contributed by atoms with Crippen molar-refractivity contribution in [3.05, 3.63) is 66.5 Å². The topological polar surface area (TPSA) is 58.4 Å². The average molecular weight is 628 g/mol. The van der Waals surface area contributed by atoms with Crippen molar-refractivity contribution in [3.8, 4) is 11.4 Å². The van der Waals surface area contributed by atoms with E-state index in [0.717, 1.165) is 27.4 Å². The SMILES string of the molecule is CC1(C)OB(c2ccc(Sc3cn(COCC[Si](C)(C)C)c4cnc(-c5ccccc5C(F)(F)F)nc34)cc2)OC1(C)C. The molecule has 0 N–H and O–H groups in total. The highest BCUT2D eigenvalue weighted by Gasteiger charge is 2.51. The number of ether oxygens (including phenoxy) is 1. The molecule has 0 bridgehead atoms. The van der Waals surface area contributed by atoms with Gasteiger partial charge in [0, 0.05) is 31.3 Å². The van der Waals surface area contributed by atoms with Crippen molar-refractivity contribution in [2.24, 2.45) is 0 Å². The fraction of sp³-hybridized carbons (Fsp3) is 0.419. The van der Waals surface area contributed by atoms with E-state index >= 15 is 0 Å². The summed E-state index contributed by atoms with van der Waals surface area (Å²) >= 11 is 1.48. The number of hydrogen-bond acceptors (Lipinski definition) is 6. The van der Waals surface area contributed by atoms with Gasteiger partial charge in [0.25, 0.3) is 0 Å². The lowest BCUT2D eigenvalue weighted by atomic mass is 9.79. The maximum absolute atomic E-state index is 13.8. The molecule has 1 aliphatic heterocycles. The van der Waals surface area contributed by atoms with Crippen LogP contribution in [0.1, 0.15) is 33.3 Å². The molecular weight excluding hydrogens is 590 g/mol. The molecule has 5 rings (SSSR count). The molecule has 12 heteroatoms. The number of halogens is 3. The van der Waals surface area contributed by atoms with Crippen LogP contribution in [0.25, 0.3) is 22.4 Å². The molecule has 1 fully saturated rings. The molecular formula is C31H37BF3N3O3SSi. The Morgan fingerprint density at radius 2 is 1.63 bits per heavy atom. The third-order valence-electron chi connectivity index (χ3n) is 7.92. The molecule has 0 unspecified atom stereocenters. The summed E-state index contributed by atoms with van der Waals surface area (Å²) in [6.45, 7) is 15.9. The zero-order chi connectivity index (χ0) is 31.2. The van der Waals surface area contributed by atoms with E-state index in [0.29, 0.717) is 24.4 Å². The van der Waals surface area contributed by atoms with Crippen LogP contribution in [0, 0.1) is 0 Å². The van der Waals surface area contributed by atoms with E-state index in [9.17, 15) is 13.2 Å². The summed E-state index contributed by atoms with van der Waals surface area (Å²) in [5.41, 5.74) is 0.469. The predicted molar refractivity (Wildman–Crippen MR) is 168 cm³/mol. The quantitative estimate of drug-likeness (QED) is 0.139. The number of alkyl halides is 3. The fourth-order valence-corrected chi connectivity index (χ4v) is 6.33. The zero-order valence-electron chi connectivity index (χ0n) is 25.6. The van der Waals surface area contributed by atoms with Gasteiger partial charge in [-0.15, -0.1) is 0 Å². The van der Waals surface area contributed by atoms with Gasteiger partial charge in [-0.25, -0.2) is 9.97 Å². The van der Waals surface area contributed by atoms with Crippen LogP contribution in [0.15, 0.2) is 70.7 Å². The van der Waals surface area contributed by atoms with Gasteiger partial charge >= 0.3 is 13.3 Å². The molecule has 0 atom stereocenters. The summed E-state index contributed by atoms with van der Waals surface area (Å²) < 4.78 is 61.7. The summed E-state index contributed by atoms with van der Waals surface area (Å²) in [5, 5.41) is 0. The number of benzene rings is 2. The molecule has 1 aliphatic rings. The Morgan fingerprint density at radius 1 is 0.977 bits per heavy atom. The molecule has 0 spiro atoms. The van der Waals surface area contributed by atoms with E-state index in [1.807, 2.05) is 62.7 Å². The van der Waals surface area contributed by atoms with Gasteiger partial charge in [0.1, 0.15) is 12.2 Å². The Balaban J connectivity index is 1.46. The molecule has 0 radical (unpaired) electrons. The van der Waals surface area contributed by atoms with Crippen LogP contribution in [0.5, 0.6) is 0 Å². The molecule has 6 nitrogen and oxygen atoms in total. The van der Waals surface area contributed by atoms with Gasteiger partial charge in [-0.1, -0.05) is 61.7 Å². The van der Waals surface area contributed by atoms with Crippen LogP contribution < -0.4 is 5.46 Å². The van der Waals surface area contributed by atoms with E-state index in [1.165, 1.54) is 23.9 Å². The van der Waals surface area contributed by atoms with Gasteiger partial charge in [-0.3, -0.25) is 0 Å². The van der Waals surface area contributed by atoms with Crippen molar-refractivity contribution in [1.82, 2.24) is 14.5 Å². The molecule has 4 aromatic rings. The van der Waals surface area contributed by atoms with Gasteiger partial charge in [-0.2, -0.15) is 13.2 Å².